The molecular formula is C22H27N3O4. The van der Waals surface area contributed by atoms with Gasteiger partial charge in [-0.25, -0.2) is 0 Å². The van der Waals surface area contributed by atoms with E-state index in [1.165, 1.54) is 6.92 Å². The molecule has 154 valence electrons. The van der Waals surface area contributed by atoms with Gasteiger partial charge in [0.15, 0.2) is 17.3 Å². The van der Waals surface area contributed by atoms with Crippen LogP contribution in [0, 0.1) is 13.8 Å². The van der Waals surface area contributed by atoms with Gasteiger partial charge in [-0.15, -0.1) is 0 Å². The molecule has 1 saturated heterocycles. The summed E-state index contributed by atoms with van der Waals surface area (Å²) in [4.78, 5) is 30.0. The maximum absolute atomic E-state index is 13.2. The second kappa shape index (κ2) is 7.81. The first-order chi connectivity index (χ1) is 13.9. The largest absolute Gasteiger partial charge is 0.486 e. The number of amides is 1. The maximum Gasteiger partial charge on any atom is 0.256 e. The Balaban J connectivity index is 1.47. The molecule has 0 radical (unpaired) electrons. The smallest absolute Gasteiger partial charge is 0.256 e. The van der Waals surface area contributed by atoms with Gasteiger partial charge in [0.05, 0.1) is 11.3 Å². The summed E-state index contributed by atoms with van der Waals surface area (Å²) >= 11 is 0. The zero-order valence-corrected chi connectivity index (χ0v) is 17.1. The minimum Gasteiger partial charge on any atom is -0.486 e. The van der Waals surface area contributed by atoms with Crippen LogP contribution in [0.4, 0.5) is 5.69 Å². The fourth-order valence-electron chi connectivity index (χ4n) is 4.23. The number of aromatic amines is 1. The highest BCUT2D eigenvalue weighted by molar-refractivity contribution is 6.02. The molecule has 2 aromatic rings. The van der Waals surface area contributed by atoms with Crippen molar-refractivity contribution in [2.24, 2.45) is 0 Å². The van der Waals surface area contributed by atoms with Gasteiger partial charge in [-0.05, 0) is 44.4 Å². The molecular weight excluding hydrogens is 370 g/mol. The molecule has 1 aromatic carbocycles. The average molecular weight is 397 g/mol. The molecule has 0 saturated carbocycles. The number of nitrogens with zero attached hydrogens (tertiary/aromatic N) is 1. The lowest BCUT2D eigenvalue weighted by Crippen LogP contribution is -2.45. The number of anilines is 1. The fraction of sp³-hybridized carbons (Fsp3) is 0.455. The molecule has 3 heterocycles. The summed E-state index contributed by atoms with van der Waals surface area (Å²) < 4.78 is 11.2. The van der Waals surface area contributed by atoms with Crippen LogP contribution in [0.15, 0.2) is 18.2 Å². The third-order valence-corrected chi connectivity index (χ3v) is 5.62. The Morgan fingerprint density at radius 3 is 2.66 bits per heavy atom. The lowest BCUT2D eigenvalue weighted by molar-refractivity contribution is 0.0713. The number of H-pyrrole nitrogens is 1. The number of hydrogen-bond acceptors (Lipinski definition) is 5. The number of aromatic nitrogens is 1. The normalized spacial score (nSPS) is 18.4. The number of nitrogens with one attached hydrogen (secondary N) is 2. The van der Waals surface area contributed by atoms with E-state index in [-0.39, 0.29) is 17.7 Å². The summed E-state index contributed by atoms with van der Waals surface area (Å²) in [6.45, 7) is 7.66. The van der Waals surface area contributed by atoms with Gasteiger partial charge < -0.3 is 24.7 Å². The van der Waals surface area contributed by atoms with E-state index in [1.54, 1.807) is 0 Å². The summed E-state index contributed by atoms with van der Waals surface area (Å²) in [5.74, 6) is 1.45. The highest BCUT2D eigenvalue weighted by Crippen LogP contribution is 2.33. The van der Waals surface area contributed by atoms with Gasteiger partial charge in [-0.2, -0.15) is 0 Å². The number of Topliss-reactive ketones (excluding diaryl/α,β-unsaturated/α-hetero) is 1. The molecule has 7 heteroatoms. The third kappa shape index (κ3) is 3.81. The number of benzene rings is 1. The van der Waals surface area contributed by atoms with Crippen molar-refractivity contribution in [3.05, 3.63) is 40.7 Å². The molecule has 0 aliphatic carbocycles. The number of fused-ring (bicyclic) bond motifs is 1. The number of hydrogen-bond donors (Lipinski definition) is 2. The van der Waals surface area contributed by atoms with Crippen LogP contribution >= 0.6 is 0 Å². The van der Waals surface area contributed by atoms with Crippen molar-refractivity contribution in [2.45, 2.75) is 39.7 Å². The SMILES string of the molecule is CC(=O)c1[nH]c(C)c(C(=O)N2CCC[C@H](Nc3ccc4c(c3)OCCO4)C2)c1C. The van der Waals surface area contributed by atoms with E-state index < -0.39 is 0 Å². The first-order valence-corrected chi connectivity index (χ1v) is 10.1. The number of carbonyl (C=O) groups excluding carboxylic acids is 2. The number of ether oxygens (including phenoxy) is 2. The Kier molecular flexibility index (Phi) is 5.22. The van der Waals surface area contributed by atoms with Crippen molar-refractivity contribution < 1.29 is 19.1 Å². The van der Waals surface area contributed by atoms with Crippen LogP contribution in [0.5, 0.6) is 11.5 Å². The third-order valence-electron chi connectivity index (χ3n) is 5.62. The molecule has 7 nitrogen and oxygen atoms in total. The fourth-order valence-corrected chi connectivity index (χ4v) is 4.23. The van der Waals surface area contributed by atoms with E-state index in [0.717, 1.165) is 47.8 Å². The minimum absolute atomic E-state index is 0.0163. The van der Waals surface area contributed by atoms with Crippen LogP contribution in [0.1, 0.15) is 51.9 Å². The maximum atomic E-state index is 13.2. The zero-order chi connectivity index (χ0) is 20.5. The lowest BCUT2D eigenvalue weighted by atomic mass is 10.0. The predicted octanol–water partition coefficient (Wildman–Crippen LogP) is 3.32. The number of piperidine rings is 1. The molecule has 1 atom stereocenters. The van der Waals surface area contributed by atoms with E-state index in [1.807, 2.05) is 36.9 Å². The average Bonchev–Trinajstić information content (AvgIpc) is 3.02. The zero-order valence-electron chi connectivity index (χ0n) is 17.1. The van der Waals surface area contributed by atoms with Crippen molar-refractivity contribution in [1.29, 1.82) is 0 Å². The van der Waals surface area contributed by atoms with Gasteiger partial charge >= 0.3 is 0 Å². The van der Waals surface area contributed by atoms with E-state index in [0.29, 0.717) is 31.0 Å². The van der Waals surface area contributed by atoms with Crippen LogP contribution in [-0.2, 0) is 0 Å². The Hall–Kier alpha value is -2.96. The summed E-state index contributed by atoms with van der Waals surface area (Å²) in [6.07, 6.45) is 1.91. The van der Waals surface area contributed by atoms with Crippen LogP contribution in [0.2, 0.25) is 0 Å². The van der Waals surface area contributed by atoms with Gasteiger partial charge in [-0.1, -0.05) is 0 Å². The molecule has 2 aliphatic heterocycles. The van der Waals surface area contributed by atoms with E-state index >= 15 is 0 Å². The standard InChI is InChI=1S/C22H27N3O4/c1-13-20(14(2)23-21(13)15(3)26)22(27)25-8-4-5-17(12-25)24-16-6-7-18-19(11-16)29-10-9-28-18/h6-7,11,17,23-24H,4-5,8-10,12H2,1-3H3/t17-/m0/s1. The Morgan fingerprint density at radius 1 is 1.17 bits per heavy atom. The summed E-state index contributed by atoms with van der Waals surface area (Å²) in [5, 5.41) is 3.53. The van der Waals surface area contributed by atoms with Crippen molar-refractivity contribution in [3.63, 3.8) is 0 Å². The summed E-state index contributed by atoms with van der Waals surface area (Å²) in [6, 6.07) is 6.00. The number of rotatable bonds is 4. The molecule has 29 heavy (non-hydrogen) atoms. The monoisotopic (exact) mass is 397 g/mol. The van der Waals surface area contributed by atoms with E-state index in [2.05, 4.69) is 10.3 Å². The predicted molar refractivity (Wildman–Crippen MR) is 110 cm³/mol. The number of ketones is 1. The highest BCUT2D eigenvalue weighted by Gasteiger charge is 2.29. The molecule has 4 rings (SSSR count). The highest BCUT2D eigenvalue weighted by atomic mass is 16.6. The van der Waals surface area contributed by atoms with Crippen LogP contribution < -0.4 is 14.8 Å². The van der Waals surface area contributed by atoms with E-state index in [4.69, 9.17) is 9.47 Å². The second-order valence-electron chi connectivity index (χ2n) is 7.77. The van der Waals surface area contributed by atoms with E-state index in [9.17, 15) is 9.59 Å². The molecule has 0 bridgehead atoms. The Bertz CT molecular complexity index is 950. The topological polar surface area (TPSA) is 83.7 Å². The van der Waals surface area contributed by atoms with Crippen molar-refractivity contribution in [2.75, 3.05) is 31.6 Å². The second-order valence-corrected chi connectivity index (χ2v) is 7.77. The Labute approximate surface area is 170 Å². The summed E-state index contributed by atoms with van der Waals surface area (Å²) in [7, 11) is 0. The van der Waals surface area contributed by atoms with Gasteiger partial charge in [0, 0.05) is 43.5 Å². The van der Waals surface area contributed by atoms with Gasteiger partial charge in [0.25, 0.3) is 5.91 Å². The van der Waals surface area contributed by atoms with Gasteiger partial charge in [0.2, 0.25) is 0 Å². The van der Waals surface area contributed by atoms with Gasteiger partial charge in [-0.3, -0.25) is 9.59 Å². The first-order valence-electron chi connectivity index (χ1n) is 10.1. The van der Waals surface area contributed by atoms with Crippen LogP contribution in [-0.4, -0.2) is 53.9 Å². The number of aryl methyl sites for hydroxylation is 1. The molecule has 2 aliphatic rings. The first kappa shape index (κ1) is 19.4. The molecule has 0 spiro atoms. The van der Waals surface area contributed by atoms with Crippen molar-refractivity contribution in [3.8, 4) is 11.5 Å². The van der Waals surface area contributed by atoms with Crippen LogP contribution in [0.25, 0.3) is 0 Å². The molecule has 1 aromatic heterocycles. The number of carbonyl (C=O) groups is 2. The molecule has 1 fully saturated rings. The Morgan fingerprint density at radius 2 is 1.93 bits per heavy atom. The lowest BCUT2D eigenvalue weighted by Gasteiger charge is -2.34. The summed E-state index contributed by atoms with van der Waals surface area (Å²) in [5.41, 5.74) is 3.59. The number of likely N-dealkylation sites (tertiary alicyclic amines) is 1. The quantitative estimate of drug-likeness (QED) is 0.774. The molecule has 1 amide bonds. The van der Waals surface area contributed by atoms with Crippen LogP contribution in [0.3, 0.4) is 0 Å². The molecule has 0 unspecified atom stereocenters. The molecule has 2 N–H and O–H groups in total. The van der Waals surface area contributed by atoms with Crippen molar-refractivity contribution in [1.82, 2.24) is 9.88 Å². The van der Waals surface area contributed by atoms with Gasteiger partial charge in [0.1, 0.15) is 13.2 Å². The van der Waals surface area contributed by atoms with Crippen molar-refractivity contribution >= 4 is 17.4 Å². The minimum atomic E-state index is -0.0542.